The molecule has 2 aliphatic heterocycles. The van der Waals surface area contributed by atoms with Gasteiger partial charge in [-0.05, 0) is 43.2 Å². The highest BCUT2D eigenvalue weighted by atomic mass is 35.5. The molecule has 2 amide bonds. The third-order valence-electron chi connectivity index (χ3n) is 7.24. The fourth-order valence-corrected chi connectivity index (χ4v) is 5.45. The maximum atomic E-state index is 13.3. The number of hydrogen-bond donors (Lipinski definition) is 1. The van der Waals surface area contributed by atoms with Crippen molar-refractivity contribution >= 4 is 45.3 Å². The second-order valence-corrected chi connectivity index (χ2v) is 10.0. The minimum Gasteiger partial charge on any atom is -0.493 e. The maximum Gasteiger partial charge on any atom is 0.320 e. The van der Waals surface area contributed by atoms with E-state index in [0.717, 1.165) is 72.4 Å². The van der Waals surface area contributed by atoms with Crippen molar-refractivity contribution in [3.8, 4) is 5.75 Å². The minimum atomic E-state index is 0.137. The third-order valence-corrected chi connectivity index (χ3v) is 7.49. The SMILES string of the molecule is O=C(N1CCN(c2cnc3ncc4[nH]cccc4c23)CC1)N1CCCC(COc2ccc(Cl)cc2)C1. The van der Waals surface area contributed by atoms with Gasteiger partial charge in [0.1, 0.15) is 5.75 Å². The number of aromatic amines is 1. The van der Waals surface area contributed by atoms with E-state index in [-0.39, 0.29) is 6.03 Å². The van der Waals surface area contributed by atoms with E-state index >= 15 is 0 Å². The van der Waals surface area contributed by atoms with Crippen molar-refractivity contribution in [2.45, 2.75) is 12.8 Å². The molecular formula is C27H29ClN6O2. The summed E-state index contributed by atoms with van der Waals surface area (Å²) in [5.41, 5.74) is 2.84. The molecule has 1 atom stereocenters. The van der Waals surface area contributed by atoms with Gasteiger partial charge in [-0.3, -0.25) is 0 Å². The number of halogens is 1. The van der Waals surface area contributed by atoms with Gasteiger partial charge in [-0.25, -0.2) is 14.8 Å². The van der Waals surface area contributed by atoms with E-state index in [1.54, 1.807) is 0 Å². The van der Waals surface area contributed by atoms with Gasteiger partial charge >= 0.3 is 6.03 Å². The average molecular weight is 505 g/mol. The van der Waals surface area contributed by atoms with Gasteiger partial charge in [-0.1, -0.05) is 17.7 Å². The van der Waals surface area contributed by atoms with E-state index in [0.29, 0.717) is 30.6 Å². The normalized spacial score (nSPS) is 18.7. The van der Waals surface area contributed by atoms with E-state index < -0.39 is 0 Å². The first-order chi connectivity index (χ1) is 17.7. The number of ether oxygens (including phenoxy) is 1. The molecule has 0 radical (unpaired) electrons. The van der Waals surface area contributed by atoms with Crippen molar-refractivity contribution in [2.75, 3.05) is 50.8 Å². The third kappa shape index (κ3) is 4.53. The molecule has 2 aliphatic rings. The van der Waals surface area contributed by atoms with E-state index in [1.165, 1.54) is 0 Å². The molecule has 36 heavy (non-hydrogen) atoms. The molecule has 2 fully saturated rings. The van der Waals surface area contributed by atoms with Crippen LogP contribution in [0.5, 0.6) is 5.75 Å². The monoisotopic (exact) mass is 504 g/mol. The number of carbonyl (C=O) groups excluding carboxylic acids is 1. The molecule has 0 spiro atoms. The number of likely N-dealkylation sites (tertiary alicyclic amines) is 1. The number of nitrogens with one attached hydrogen (secondary N) is 1. The Morgan fingerprint density at radius 2 is 1.83 bits per heavy atom. The minimum absolute atomic E-state index is 0.137. The molecule has 6 rings (SSSR count). The molecule has 1 N–H and O–H groups in total. The van der Waals surface area contributed by atoms with Crippen LogP contribution in [0.2, 0.25) is 5.02 Å². The van der Waals surface area contributed by atoms with Crippen molar-refractivity contribution in [3.05, 3.63) is 60.0 Å². The van der Waals surface area contributed by atoms with Crippen molar-refractivity contribution in [2.24, 2.45) is 5.92 Å². The van der Waals surface area contributed by atoms with E-state index in [4.69, 9.17) is 16.3 Å². The number of piperazine rings is 1. The van der Waals surface area contributed by atoms with Gasteiger partial charge in [-0.2, -0.15) is 0 Å². The molecule has 0 bridgehead atoms. The molecule has 4 aromatic rings. The Kier molecular flexibility index (Phi) is 6.27. The van der Waals surface area contributed by atoms with Crippen molar-refractivity contribution in [1.82, 2.24) is 24.8 Å². The van der Waals surface area contributed by atoms with Gasteiger partial charge in [0.25, 0.3) is 0 Å². The molecule has 3 aromatic heterocycles. The topological polar surface area (TPSA) is 77.6 Å². The number of carbonyl (C=O) groups is 1. The molecule has 9 heteroatoms. The summed E-state index contributed by atoms with van der Waals surface area (Å²) in [6, 6.07) is 11.7. The van der Waals surface area contributed by atoms with Crippen molar-refractivity contribution in [1.29, 1.82) is 0 Å². The van der Waals surface area contributed by atoms with Gasteiger partial charge in [0.2, 0.25) is 0 Å². The summed E-state index contributed by atoms with van der Waals surface area (Å²) < 4.78 is 5.96. The lowest BCUT2D eigenvalue weighted by molar-refractivity contribution is 0.110. The summed E-state index contributed by atoms with van der Waals surface area (Å²) in [6.45, 7) is 5.08. The van der Waals surface area contributed by atoms with E-state index in [9.17, 15) is 4.79 Å². The Bertz CT molecular complexity index is 1370. The number of amides is 2. The number of fused-ring (bicyclic) bond motifs is 3. The van der Waals surface area contributed by atoms with Gasteiger partial charge in [0.05, 0.1) is 35.6 Å². The van der Waals surface area contributed by atoms with Crippen LogP contribution in [0.1, 0.15) is 12.8 Å². The molecule has 0 aliphatic carbocycles. The molecule has 1 unspecified atom stereocenters. The summed E-state index contributed by atoms with van der Waals surface area (Å²) in [4.78, 5) is 32.0. The first kappa shape index (κ1) is 22.9. The highest BCUT2D eigenvalue weighted by Crippen LogP contribution is 2.32. The number of aromatic nitrogens is 3. The highest BCUT2D eigenvalue weighted by Gasteiger charge is 2.30. The van der Waals surface area contributed by atoms with Crippen LogP contribution in [-0.2, 0) is 0 Å². The van der Waals surface area contributed by atoms with Crippen LogP contribution < -0.4 is 9.64 Å². The fraction of sp³-hybridized carbons (Fsp3) is 0.370. The maximum absolute atomic E-state index is 13.3. The van der Waals surface area contributed by atoms with Gasteiger partial charge in [0, 0.05) is 61.8 Å². The van der Waals surface area contributed by atoms with Crippen molar-refractivity contribution < 1.29 is 9.53 Å². The van der Waals surface area contributed by atoms with Gasteiger partial charge in [-0.15, -0.1) is 0 Å². The Hall–Kier alpha value is -3.52. The largest absolute Gasteiger partial charge is 0.493 e. The van der Waals surface area contributed by atoms with Crippen LogP contribution >= 0.6 is 11.6 Å². The van der Waals surface area contributed by atoms with Crippen LogP contribution in [0.4, 0.5) is 10.5 Å². The van der Waals surface area contributed by atoms with Crippen LogP contribution in [0.15, 0.2) is 55.0 Å². The van der Waals surface area contributed by atoms with Crippen LogP contribution in [0, 0.1) is 5.92 Å². The number of rotatable bonds is 4. The average Bonchev–Trinajstić information content (AvgIpc) is 3.37. The number of benzene rings is 1. The van der Waals surface area contributed by atoms with E-state index in [2.05, 4.69) is 25.9 Å². The lowest BCUT2D eigenvalue weighted by Gasteiger charge is -2.40. The second-order valence-electron chi connectivity index (χ2n) is 9.57. The zero-order valence-electron chi connectivity index (χ0n) is 20.1. The number of pyridine rings is 2. The summed E-state index contributed by atoms with van der Waals surface area (Å²) in [6.07, 6.45) is 7.73. The van der Waals surface area contributed by atoms with Gasteiger partial charge < -0.3 is 24.4 Å². The number of urea groups is 1. The Morgan fingerprint density at radius 3 is 2.67 bits per heavy atom. The van der Waals surface area contributed by atoms with Gasteiger partial charge in [0.15, 0.2) is 5.65 Å². The lowest BCUT2D eigenvalue weighted by Crippen LogP contribution is -2.54. The molecule has 8 nitrogen and oxygen atoms in total. The summed E-state index contributed by atoms with van der Waals surface area (Å²) in [7, 11) is 0. The number of H-pyrrole nitrogens is 1. The second kappa shape index (κ2) is 9.85. The molecule has 0 saturated carbocycles. The molecule has 186 valence electrons. The zero-order chi connectivity index (χ0) is 24.5. The Morgan fingerprint density at radius 1 is 1.03 bits per heavy atom. The first-order valence-electron chi connectivity index (χ1n) is 12.5. The molecule has 1 aromatic carbocycles. The number of nitrogens with zero attached hydrogens (tertiary/aromatic N) is 5. The standard InChI is InChI=1S/C27H29ClN6O2/c28-20-5-7-21(8-6-20)36-18-19-3-2-10-34(17-19)27(35)33-13-11-32(12-14-33)24-16-31-26-25(24)22-4-1-9-29-23(22)15-30-26/h1,4-9,15-16,19,29H,2-3,10-14,17-18H2. The summed E-state index contributed by atoms with van der Waals surface area (Å²) in [5.74, 6) is 1.15. The fourth-order valence-electron chi connectivity index (χ4n) is 5.32. The van der Waals surface area contributed by atoms with Crippen LogP contribution in [0.25, 0.3) is 21.9 Å². The number of piperidine rings is 1. The zero-order valence-corrected chi connectivity index (χ0v) is 20.8. The quantitative estimate of drug-likeness (QED) is 0.432. The lowest BCUT2D eigenvalue weighted by atomic mass is 9.99. The summed E-state index contributed by atoms with van der Waals surface area (Å²) >= 11 is 5.96. The van der Waals surface area contributed by atoms with Crippen LogP contribution in [0.3, 0.4) is 0 Å². The number of anilines is 1. The first-order valence-corrected chi connectivity index (χ1v) is 12.9. The van der Waals surface area contributed by atoms with Crippen LogP contribution in [-0.4, -0.2) is 76.7 Å². The molecule has 2 saturated heterocycles. The smallest absolute Gasteiger partial charge is 0.320 e. The van der Waals surface area contributed by atoms with E-state index in [1.807, 2.05) is 58.7 Å². The number of hydrogen-bond acceptors (Lipinski definition) is 5. The predicted molar refractivity (Wildman–Crippen MR) is 142 cm³/mol. The highest BCUT2D eigenvalue weighted by molar-refractivity contribution is 6.30. The predicted octanol–water partition coefficient (Wildman–Crippen LogP) is 4.80. The summed E-state index contributed by atoms with van der Waals surface area (Å²) in [5, 5.41) is 2.89. The molecule has 5 heterocycles. The Balaban J connectivity index is 1.07. The van der Waals surface area contributed by atoms with Crippen molar-refractivity contribution in [3.63, 3.8) is 0 Å². The molecular weight excluding hydrogens is 476 g/mol. The Labute approximate surface area is 214 Å².